The van der Waals surface area contributed by atoms with Crippen molar-refractivity contribution >= 4 is 40.6 Å². The monoisotopic (exact) mass is 452 g/mol. The Labute approximate surface area is 185 Å². The third-order valence-electron chi connectivity index (χ3n) is 5.06. The number of nitrogens with one attached hydrogen (secondary N) is 4. The van der Waals surface area contributed by atoms with E-state index in [1.54, 1.807) is 6.92 Å². The summed E-state index contributed by atoms with van der Waals surface area (Å²) in [4.78, 5) is 55.1. The van der Waals surface area contributed by atoms with E-state index in [1.807, 2.05) is 0 Å². The summed E-state index contributed by atoms with van der Waals surface area (Å²) in [6.45, 7) is 1.66. The summed E-state index contributed by atoms with van der Waals surface area (Å²) in [5.41, 5.74) is 0.298. The van der Waals surface area contributed by atoms with Crippen LogP contribution in [-0.2, 0) is 9.59 Å². The first-order chi connectivity index (χ1) is 15.7. The molecule has 3 aromatic rings. The Morgan fingerprint density at radius 1 is 1.21 bits per heavy atom. The van der Waals surface area contributed by atoms with E-state index >= 15 is 0 Å². The molecule has 2 heterocycles. The van der Waals surface area contributed by atoms with E-state index in [1.165, 1.54) is 42.5 Å². The summed E-state index contributed by atoms with van der Waals surface area (Å²) < 4.78 is 13.1. The first kappa shape index (κ1) is 21.6. The maximum absolute atomic E-state index is 13.1. The van der Waals surface area contributed by atoms with Gasteiger partial charge in [0.1, 0.15) is 11.6 Å². The molecular weight excluding hydrogens is 435 g/mol. The Kier molecular flexibility index (Phi) is 5.56. The fourth-order valence-electron chi connectivity index (χ4n) is 3.40. The van der Waals surface area contributed by atoms with Crippen LogP contribution in [0.25, 0.3) is 0 Å². The first-order valence-corrected chi connectivity index (χ1v) is 9.74. The topological polar surface area (TPSA) is 159 Å². The van der Waals surface area contributed by atoms with Gasteiger partial charge < -0.3 is 16.0 Å². The number of rotatable bonds is 5. The highest BCUT2D eigenvalue weighted by atomic mass is 19.1. The zero-order chi connectivity index (χ0) is 23.7. The Morgan fingerprint density at radius 2 is 1.94 bits per heavy atom. The lowest BCUT2D eigenvalue weighted by Crippen LogP contribution is -2.36. The van der Waals surface area contributed by atoms with Crippen molar-refractivity contribution in [2.75, 3.05) is 16.0 Å². The highest BCUT2D eigenvalue weighted by Gasteiger charge is 2.35. The van der Waals surface area contributed by atoms with Crippen LogP contribution in [0.2, 0.25) is 0 Å². The smallest absolute Gasteiger partial charge is 0.271 e. The molecule has 12 heteroatoms. The fraction of sp³-hybridized carbons (Fsp3) is 0.143. The van der Waals surface area contributed by atoms with Gasteiger partial charge in [-0.05, 0) is 36.8 Å². The Balaban J connectivity index is 1.64. The minimum atomic E-state index is -1.16. The van der Waals surface area contributed by atoms with Gasteiger partial charge in [0, 0.05) is 24.2 Å². The van der Waals surface area contributed by atoms with Crippen LogP contribution in [0.15, 0.2) is 47.3 Å². The molecule has 1 atom stereocenters. The van der Waals surface area contributed by atoms with Gasteiger partial charge in [-0.25, -0.2) is 4.39 Å². The quantitative estimate of drug-likeness (QED) is 0.342. The number of fused-ring (bicyclic) bond motifs is 1. The van der Waals surface area contributed by atoms with Crippen molar-refractivity contribution in [2.45, 2.75) is 19.3 Å². The van der Waals surface area contributed by atoms with Crippen molar-refractivity contribution in [3.05, 3.63) is 79.9 Å². The van der Waals surface area contributed by atoms with Crippen LogP contribution in [0, 0.1) is 22.9 Å². The van der Waals surface area contributed by atoms with E-state index in [0.717, 1.165) is 0 Å². The molecule has 2 amide bonds. The number of nitro groups is 1. The van der Waals surface area contributed by atoms with Crippen molar-refractivity contribution in [3.63, 3.8) is 0 Å². The number of aromatic nitrogens is 2. The molecule has 0 aliphatic carbocycles. The van der Waals surface area contributed by atoms with E-state index in [0.29, 0.717) is 11.3 Å². The van der Waals surface area contributed by atoms with Gasteiger partial charge in [-0.1, -0.05) is 6.07 Å². The summed E-state index contributed by atoms with van der Waals surface area (Å²) in [6, 6.07) is 9.30. The molecule has 0 spiro atoms. The highest BCUT2D eigenvalue weighted by molar-refractivity contribution is 6.04. The molecule has 1 aliphatic rings. The number of aryl methyl sites for hydroxylation is 1. The van der Waals surface area contributed by atoms with E-state index < -0.39 is 34.0 Å². The second-order valence-electron chi connectivity index (χ2n) is 7.36. The number of hydrogen-bond donors (Lipinski definition) is 4. The van der Waals surface area contributed by atoms with Gasteiger partial charge in [0.15, 0.2) is 0 Å². The standard InChI is InChI=1S/C21H17FN6O5/c1-10-2-7-13(28(32)33)8-15(10)24-19(30)14-9-16(29)25-18-17(14)20(31)27-21(26-18)23-12-5-3-11(22)4-6-12/h2-8,14H,9H2,1H3,(H,24,30)(H3,23,25,26,27,29,31). The maximum atomic E-state index is 13.1. The normalized spacial score (nSPS) is 14.7. The lowest BCUT2D eigenvalue weighted by Gasteiger charge is -2.24. The predicted octanol–water partition coefficient (Wildman–Crippen LogP) is 2.93. The minimum Gasteiger partial charge on any atom is -0.326 e. The number of amides is 2. The van der Waals surface area contributed by atoms with Gasteiger partial charge in [-0.15, -0.1) is 0 Å². The van der Waals surface area contributed by atoms with Crippen molar-refractivity contribution in [1.29, 1.82) is 0 Å². The summed E-state index contributed by atoms with van der Waals surface area (Å²) >= 11 is 0. The summed E-state index contributed by atoms with van der Waals surface area (Å²) in [6.07, 6.45) is -0.303. The van der Waals surface area contributed by atoms with Crippen LogP contribution in [-0.4, -0.2) is 26.7 Å². The second kappa shape index (κ2) is 8.49. The van der Waals surface area contributed by atoms with E-state index in [2.05, 4.69) is 25.9 Å². The van der Waals surface area contributed by atoms with Crippen molar-refractivity contribution in [2.24, 2.45) is 0 Å². The molecule has 1 aromatic heterocycles. The van der Waals surface area contributed by atoms with E-state index in [9.17, 15) is 28.9 Å². The SMILES string of the molecule is Cc1ccc([N+](=O)[O-])cc1NC(=O)C1CC(=O)Nc2nc(Nc3ccc(F)cc3)[nH]c(=O)c21. The average Bonchev–Trinajstić information content (AvgIpc) is 2.75. The lowest BCUT2D eigenvalue weighted by molar-refractivity contribution is -0.384. The number of non-ortho nitro benzene ring substituents is 1. The zero-order valence-corrected chi connectivity index (χ0v) is 17.1. The van der Waals surface area contributed by atoms with Gasteiger partial charge in [0.05, 0.1) is 22.1 Å². The Morgan fingerprint density at radius 3 is 2.64 bits per heavy atom. The first-order valence-electron chi connectivity index (χ1n) is 9.74. The molecule has 11 nitrogen and oxygen atoms in total. The molecular formula is C21H17FN6O5. The van der Waals surface area contributed by atoms with Gasteiger partial charge in [-0.3, -0.25) is 29.5 Å². The van der Waals surface area contributed by atoms with Crippen LogP contribution < -0.4 is 21.5 Å². The third-order valence-corrected chi connectivity index (χ3v) is 5.06. The fourth-order valence-corrected chi connectivity index (χ4v) is 3.40. The molecule has 0 saturated carbocycles. The molecule has 1 unspecified atom stereocenters. The zero-order valence-electron chi connectivity index (χ0n) is 17.1. The van der Waals surface area contributed by atoms with Gasteiger partial charge in [0.2, 0.25) is 17.8 Å². The number of H-pyrrole nitrogens is 1. The van der Waals surface area contributed by atoms with E-state index in [4.69, 9.17) is 0 Å². The second-order valence-corrected chi connectivity index (χ2v) is 7.36. The molecule has 0 fully saturated rings. The molecule has 1 aliphatic heterocycles. The van der Waals surface area contributed by atoms with Crippen molar-refractivity contribution in [1.82, 2.24) is 9.97 Å². The number of nitro benzene ring substituents is 1. The molecule has 4 rings (SSSR count). The van der Waals surface area contributed by atoms with Crippen LogP contribution in [0.1, 0.15) is 23.5 Å². The minimum absolute atomic E-state index is 0.0127. The van der Waals surface area contributed by atoms with Crippen LogP contribution in [0.3, 0.4) is 0 Å². The predicted molar refractivity (Wildman–Crippen MR) is 117 cm³/mol. The molecule has 0 bridgehead atoms. The molecule has 33 heavy (non-hydrogen) atoms. The number of hydrogen-bond acceptors (Lipinski definition) is 7. The summed E-state index contributed by atoms with van der Waals surface area (Å²) in [5, 5.41) is 18.9. The summed E-state index contributed by atoms with van der Waals surface area (Å²) in [7, 11) is 0. The van der Waals surface area contributed by atoms with Crippen molar-refractivity contribution < 1.29 is 18.9 Å². The highest BCUT2D eigenvalue weighted by Crippen LogP contribution is 2.31. The number of nitrogens with zero attached hydrogens (tertiary/aromatic N) is 2. The van der Waals surface area contributed by atoms with Crippen LogP contribution in [0.5, 0.6) is 0 Å². The number of benzene rings is 2. The lowest BCUT2D eigenvalue weighted by atomic mass is 9.92. The molecule has 2 aromatic carbocycles. The Hall–Kier alpha value is -4.61. The number of carbonyl (C=O) groups excluding carboxylic acids is 2. The summed E-state index contributed by atoms with van der Waals surface area (Å²) in [5.74, 6) is -2.90. The number of anilines is 4. The number of halogens is 1. The largest absolute Gasteiger partial charge is 0.326 e. The van der Waals surface area contributed by atoms with Gasteiger partial charge >= 0.3 is 0 Å². The van der Waals surface area contributed by atoms with Gasteiger partial charge in [0.25, 0.3) is 11.2 Å². The Bertz CT molecular complexity index is 1340. The molecule has 0 radical (unpaired) electrons. The van der Waals surface area contributed by atoms with Crippen LogP contribution >= 0.6 is 0 Å². The molecule has 4 N–H and O–H groups in total. The maximum Gasteiger partial charge on any atom is 0.271 e. The van der Waals surface area contributed by atoms with E-state index in [-0.39, 0.29) is 35.1 Å². The number of carbonyl (C=O) groups is 2. The van der Waals surface area contributed by atoms with Gasteiger partial charge in [-0.2, -0.15) is 4.98 Å². The number of aromatic amines is 1. The van der Waals surface area contributed by atoms with Crippen molar-refractivity contribution in [3.8, 4) is 0 Å². The molecule has 0 saturated heterocycles. The van der Waals surface area contributed by atoms with Crippen LogP contribution in [0.4, 0.5) is 33.2 Å². The third kappa shape index (κ3) is 4.54. The molecule has 168 valence electrons. The average molecular weight is 452 g/mol.